The van der Waals surface area contributed by atoms with E-state index in [0.29, 0.717) is 22.6 Å². The van der Waals surface area contributed by atoms with E-state index in [1.165, 1.54) is 18.2 Å². The molecule has 1 aromatic heterocycles. The number of hydrogen-bond acceptors (Lipinski definition) is 6. The van der Waals surface area contributed by atoms with Crippen molar-refractivity contribution in [3.05, 3.63) is 81.5 Å². The van der Waals surface area contributed by atoms with E-state index in [1.807, 2.05) is 0 Å². The minimum absolute atomic E-state index is 0.0318. The van der Waals surface area contributed by atoms with Gasteiger partial charge in [-0.15, -0.1) is 0 Å². The highest BCUT2D eigenvalue weighted by molar-refractivity contribution is 9.10. The van der Waals surface area contributed by atoms with Crippen molar-refractivity contribution in [1.29, 1.82) is 0 Å². The van der Waals surface area contributed by atoms with Gasteiger partial charge in [-0.25, -0.2) is 9.69 Å². The van der Waals surface area contributed by atoms with Crippen LogP contribution >= 0.6 is 15.9 Å². The zero-order chi connectivity index (χ0) is 23.0. The summed E-state index contributed by atoms with van der Waals surface area (Å²) in [7, 11) is 0. The molecule has 0 aliphatic carbocycles. The molecule has 1 saturated heterocycles. The third-order valence-corrected chi connectivity index (χ3v) is 5.45. The van der Waals surface area contributed by atoms with E-state index in [2.05, 4.69) is 21.2 Å². The number of hydrogen-bond donors (Lipinski definition) is 1. The minimum atomic E-state index is -1.31. The van der Waals surface area contributed by atoms with Gasteiger partial charge >= 0.3 is 6.03 Å². The highest BCUT2D eigenvalue weighted by Gasteiger charge is 2.37. The van der Waals surface area contributed by atoms with Crippen molar-refractivity contribution in [2.75, 3.05) is 4.90 Å². The fourth-order valence-corrected chi connectivity index (χ4v) is 3.59. The summed E-state index contributed by atoms with van der Waals surface area (Å²) >= 11 is 3.29. The van der Waals surface area contributed by atoms with Gasteiger partial charge in [0.2, 0.25) is 0 Å². The van der Waals surface area contributed by atoms with Crippen LogP contribution in [0.25, 0.3) is 17.4 Å². The Kier molecular flexibility index (Phi) is 5.50. The molecule has 8 nitrogen and oxygen atoms in total. The molecule has 1 fully saturated rings. The zero-order valence-electron chi connectivity index (χ0n) is 16.5. The molecule has 3 aromatic rings. The van der Waals surface area contributed by atoms with Crippen LogP contribution in [0.4, 0.5) is 10.5 Å². The average molecular weight is 494 g/mol. The van der Waals surface area contributed by atoms with Gasteiger partial charge in [-0.1, -0.05) is 34.1 Å². The van der Waals surface area contributed by atoms with Crippen molar-refractivity contribution < 1.29 is 28.7 Å². The van der Waals surface area contributed by atoms with E-state index in [1.54, 1.807) is 49.4 Å². The van der Waals surface area contributed by atoms with Crippen molar-refractivity contribution in [2.24, 2.45) is 0 Å². The maximum absolute atomic E-state index is 12.9. The Morgan fingerprint density at radius 2 is 1.78 bits per heavy atom. The monoisotopic (exact) mass is 493 g/mol. The van der Waals surface area contributed by atoms with E-state index in [4.69, 9.17) is 4.42 Å². The molecular formula is C23H14BrN2O6-. The Morgan fingerprint density at radius 3 is 2.47 bits per heavy atom. The fourth-order valence-electron chi connectivity index (χ4n) is 3.32. The predicted molar refractivity (Wildman–Crippen MR) is 116 cm³/mol. The maximum atomic E-state index is 12.9. The van der Waals surface area contributed by atoms with Crippen LogP contribution in [0.15, 0.2) is 69.1 Å². The summed E-state index contributed by atoms with van der Waals surface area (Å²) in [6.07, 6.45) is 1.23. The number of rotatable bonds is 4. The lowest BCUT2D eigenvalue weighted by atomic mass is 10.0. The van der Waals surface area contributed by atoms with Gasteiger partial charge in [-0.2, -0.15) is 0 Å². The number of nitrogens with zero attached hydrogens (tertiary/aromatic N) is 1. The van der Waals surface area contributed by atoms with Gasteiger partial charge in [0.25, 0.3) is 11.8 Å². The standard InChI is InChI=1S/C23H15BrN2O6/c1-12-16(3-2-4-17(12)22(29)30)19-10-9-15(32-19)11-18-20(27)25-23(31)26(21(18)28)14-7-5-13(24)6-8-14/h2-11H,1H3,(H,29,30)(H,25,27,31)/p-1/b18-11+. The van der Waals surface area contributed by atoms with Crippen molar-refractivity contribution in [3.63, 3.8) is 0 Å². The van der Waals surface area contributed by atoms with E-state index in [-0.39, 0.29) is 16.9 Å². The summed E-state index contributed by atoms with van der Waals surface area (Å²) in [6.45, 7) is 1.63. The number of carbonyl (C=O) groups excluding carboxylic acids is 4. The Hall–Kier alpha value is -3.98. The number of amides is 4. The highest BCUT2D eigenvalue weighted by Crippen LogP contribution is 2.29. The second-order valence-electron chi connectivity index (χ2n) is 6.90. The molecule has 160 valence electrons. The predicted octanol–water partition coefficient (Wildman–Crippen LogP) is 3.05. The summed E-state index contributed by atoms with van der Waals surface area (Å²) in [6, 6.07) is 13.4. The lowest BCUT2D eigenvalue weighted by Gasteiger charge is -2.26. The van der Waals surface area contributed by atoms with Crippen molar-refractivity contribution in [1.82, 2.24) is 5.32 Å². The number of carboxylic acid groups (broad SMARTS) is 1. The molecule has 0 radical (unpaired) electrons. The van der Waals surface area contributed by atoms with Crippen LogP contribution in [0.3, 0.4) is 0 Å². The molecule has 0 spiro atoms. The number of barbiturate groups is 1. The number of furan rings is 1. The lowest BCUT2D eigenvalue weighted by Crippen LogP contribution is -2.54. The van der Waals surface area contributed by atoms with Gasteiger partial charge in [0.15, 0.2) is 0 Å². The van der Waals surface area contributed by atoms with Gasteiger partial charge in [0, 0.05) is 15.6 Å². The van der Waals surface area contributed by atoms with Crippen LogP contribution < -0.4 is 15.3 Å². The topological polar surface area (TPSA) is 120 Å². The molecule has 1 aliphatic heterocycles. The molecule has 2 heterocycles. The molecule has 1 N–H and O–H groups in total. The average Bonchev–Trinajstić information content (AvgIpc) is 3.21. The van der Waals surface area contributed by atoms with E-state index in [9.17, 15) is 24.3 Å². The summed E-state index contributed by atoms with van der Waals surface area (Å²) in [5.41, 5.74) is 1.03. The van der Waals surface area contributed by atoms with Crippen LogP contribution in [-0.4, -0.2) is 23.8 Å². The van der Waals surface area contributed by atoms with Crippen LogP contribution in [0, 0.1) is 6.92 Å². The number of imide groups is 2. The number of benzene rings is 2. The van der Waals surface area contributed by atoms with Gasteiger partial charge < -0.3 is 14.3 Å². The molecular weight excluding hydrogens is 480 g/mol. The molecule has 0 atom stereocenters. The molecule has 0 saturated carbocycles. The first-order valence-electron chi connectivity index (χ1n) is 9.34. The number of nitrogens with one attached hydrogen (secondary N) is 1. The van der Waals surface area contributed by atoms with Crippen LogP contribution in [0.5, 0.6) is 0 Å². The van der Waals surface area contributed by atoms with Gasteiger partial charge in [0.1, 0.15) is 17.1 Å². The summed E-state index contributed by atoms with van der Waals surface area (Å²) in [5.74, 6) is -2.42. The first-order valence-corrected chi connectivity index (χ1v) is 10.1. The number of anilines is 1. The number of carbonyl (C=O) groups is 4. The molecule has 0 unspecified atom stereocenters. The molecule has 9 heteroatoms. The smallest absolute Gasteiger partial charge is 0.335 e. The molecule has 32 heavy (non-hydrogen) atoms. The molecule has 2 aromatic carbocycles. The second-order valence-corrected chi connectivity index (χ2v) is 7.82. The number of halogens is 1. The molecule has 0 bridgehead atoms. The fraction of sp³-hybridized carbons (Fsp3) is 0.0435. The quantitative estimate of drug-likeness (QED) is 0.440. The van der Waals surface area contributed by atoms with Gasteiger partial charge in [-0.3, -0.25) is 14.9 Å². The number of aromatic carboxylic acids is 1. The van der Waals surface area contributed by atoms with E-state index >= 15 is 0 Å². The van der Waals surface area contributed by atoms with Gasteiger partial charge in [-0.05, 0) is 55.0 Å². The maximum Gasteiger partial charge on any atom is 0.335 e. The summed E-state index contributed by atoms with van der Waals surface area (Å²) in [4.78, 5) is 49.7. The molecule has 4 rings (SSSR count). The summed E-state index contributed by atoms with van der Waals surface area (Å²) < 4.78 is 6.50. The largest absolute Gasteiger partial charge is 0.545 e. The van der Waals surface area contributed by atoms with E-state index in [0.717, 1.165) is 9.37 Å². The second kappa shape index (κ2) is 8.27. The lowest BCUT2D eigenvalue weighted by molar-refractivity contribution is -0.255. The molecule has 1 aliphatic rings. The van der Waals surface area contributed by atoms with Gasteiger partial charge in [0.05, 0.1) is 11.7 Å². The third kappa shape index (κ3) is 3.85. The first-order chi connectivity index (χ1) is 15.3. The SMILES string of the molecule is Cc1c(C(=O)[O-])cccc1-c1ccc(/C=C2\C(=O)NC(=O)N(c3ccc(Br)cc3)C2=O)o1. The van der Waals surface area contributed by atoms with E-state index < -0.39 is 23.8 Å². The number of urea groups is 1. The van der Waals surface area contributed by atoms with Crippen molar-refractivity contribution in [2.45, 2.75) is 6.92 Å². The van der Waals surface area contributed by atoms with Crippen LogP contribution in [0.1, 0.15) is 21.7 Å². The Morgan fingerprint density at radius 1 is 1.06 bits per heavy atom. The minimum Gasteiger partial charge on any atom is -0.545 e. The number of carboxylic acids is 1. The zero-order valence-corrected chi connectivity index (χ0v) is 18.1. The third-order valence-electron chi connectivity index (χ3n) is 4.92. The summed E-state index contributed by atoms with van der Waals surface area (Å²) in [5, 5.41) is 13.4. The normalized spacial score (nSPS) is 15.2. The van der Waals surface area contributed by atoms with Crippen molar-refractivity contribution in [3.8, 4) is 11.3 Å². The Balaban J connectivity index is 1.69. The Labute approximate surface area is 190 Å². The Bertz CT molecular complexity index is 1310. The highest BCUT2D eigenvalue weighted by atomic mass is 79.9. The first kappa shape index (κ1) is 21.3. The molecule has 4 amide bonds. The van der Waals surface area contributed by atoms with Crippen LogP contribution in [0.2, 0.25) is 0 Å². The van der Waals surface area contributed by atoms with Crippen LogP contribution in [-0.2, 0) is 9.59 Å². The van der Waals surface area contributed by atoms with Crippen molar-refractivity contribution >= 4 is 51.5 Å².